The lowest BCUT2D eigenvalue weighted by molar-refractivity contribution is -0.145. The van der Waals surface area contributed by atoms with Gasteiger partial charge in [0.15, 0.2) is 5.69 Å². The average molecular weight is 385 g/mol. The summed E-state index contributed by atoms with van der Waals surface area (Å²) in [5.74, 6) is -1.28. The molecule has 0 saturated carbocycles. The summed E-state index contributed by atoms with van der Waals surface area (Å²) in [5, 5.41) is 14.6. The third kappa shape index (κ3) is 4.22. The van der Waals surface area contributed by atoms with Crippen molar-refractivity contribution in [2.45, 2.75) is 38.8 Å². The average Bonchev–Trinajstić information content (AvgIpc) is 3.13. The van der Waals surface area contributed by atoms with Crippen LogP contribution in [0.2, 0.25) is 0 Å². The van der Waals surface area contributed by atoms with Gasteiger partial charge in [-0.3, -0.25) is 9.59 Å². The Morgan fingerprint density at radius 2 is 1.93 bits per heavy atom. The minimum atomic E-state index is -0.545. The van der Waals surface area contributed by atoms with Gasteiger partial charge in [0.1, 0.15) is 0 Å². The molecule has 0 aliphatic carbocycles. The monoisotopic (exact) mass is 385 g/mol. The maximum Gasteiger partial charge on any atom is 0.310 e. The zero-order valence-corrected chi connectivity index (χ0v) is 16.5. The molecule has 8 nitrogen and oxygen atoms in total. The van der Waals surface area contributed by atoms with Crippen LogP contribution >= 0.6 is 0 Å². The number of carbonyl (C=O) groups is 2. The van der Waals surface area contributed by atoms with Crippen molar-refractivity contribution in [2.24, 2.45) is 5.92 Å². The predicted octanol–water partition coefficient (Wildman–Crippen LogP) is 1.79. The molecule has 8 heteroatoms. The summed E-state index contributed by atoms with van der Waals surface area (Å²) in [6, 6.07) is 9.11. The second kappa shape index (κ2) is 8.97. The summed E-state index contributed by atoms with van der Waals surface area (Å²) in [7, 11) is 1.34. The highest BCUT2D eigenvalue weighted by molar-refractivity contribution is 5.93. The van der Waals surface area contributed by atoms with Crippen molar-refractivity contribution in [3.63, 3.8) is 0 Å². The summed E-state index contributed by atoms with van der Waals surface area (Å²) in [6.07, 6.45) is 1.91. The van der Waals surface area contributed by atoms with Crippen molar-refractivity contribution in [2.75, 3.05) is 20.2 Å². The van der Waals surface area contributed by atoms with Crippen molar-refractivity contribution in [1.82, 2.24) is 25.6 Å². The Labute approximate surface area is 164 Å². The Morgan fingerprint density at radius 1 is 1.25 bits per heavy atom. The first-order valence-electron chi connectivity index (χ1n) is 9.59. The van der Waals surface area contributed by atoms with Gasteiger partial charge < -0.3 is 15.4 Å². The molecule has 1 aromatic carbocycles. The number of nitrogens with zero attached hydrogens (tertiary/aromatic N) is 3. The number of hydrogen-bond acceptors (Lipinski definition) is 6. The van der Waals surface area contributed by atoms with Gasteiger partial charge >= 0.3 is 5.97 Å². The molecule has 0 radical (unpaired) electrons. The molecule has 2 atom stereocenters. The minimum Gasteiger partial charge on any atom is -0.469 e. The standard InChI is InChI=1S/C20H27N5O3/c1-13(20(27)28-3)17(15-7-5-4-6-8-15)22-19(26)18-14(2)25(24-23-18)16-9-11-21-12-10-16/h4-8,13,16-17,21H,9-12H2,1-3H3,(H,22,26). The first kappa shape index (κ1) is 20.0. The molecule has 0 spiro atoms. The third-order valence-electron chi connectivity index (χ3n) is 5.32. The van der Waals surface area contributed by atoms with Crippen molar-refractivity contribution >= 4 is 11.9 Å². The molecule has 1 saturated heterocycles. The minimum absolute atomic E-state index is 0.245. The van der Waals surface area contributed by atoms with Crippen molar-refractivity contribution < 1.29 is 14.3 Å². The van der Waals surface area contributed by atoms with Gasteiger partial charge in [0.05, 0.1) is 30.8 Å². The van der Waals surface area contributed by atoms with E-state index in [4.69, 9.17) is 4.74 Å². The number of amides is 1. The molecule has 28 heavy (non-hydrogen) atoms. The van der Waals surface area contributed by atoms with E-state index >= 15 is 0 Å². The molecule has 0 bridgehead atoms. The summed E-state index contributed by atoms with van der Waals surface area (Å²) in [4.78, 5) is 25.1. The number of piperidine rings is 1. The molecule has 150 valence electrons. The fraction of sp³-hybridized carbons (Fsp3) is 0.500. The van der Waals surface area contributed by atoms with Crippen LogP contribution in [0.1, 0.15) is 53.6 Å². The van der Waals surface area contributed by atoms with Crippen LogP contribution in [-0.2, 0) is 9.53 Å². The molecule has 1 aliphatic heterocycles. The number of esters is 1. The predicted molar refractivity (Wildman–Crippen MR) is 104 cm³/mol. The summed E-state index contributed by atoms with van der Waals surface area (Å²) in [6.45, 7) is 5.46. The van der Waals surface area contributed by atoms with Crippen LogP contribution < -0.4 is 10.6 Å². The van der Waals surface area contributed by atoms with Gasteiger partial charge in [-0.15, -0.1) is 5.10 Å². The van der Waals surface area contributed by atoms with E-state index in [-0.39, 0.29) is 23.6 Å². The molecule has 2 unspecified atom stereocenters. The van der Waals surface area contributed by atoms with Crippen LogP contribution in [0.4, 0.5) is 0 Å². The lowest BCUT2D eigenvalue weighted by Gasteiger charge is -2.24. The fourth-order valence-electron chi connectivity index (χ4n) is 3.64. The van der Waals surface area contributed by atoms with Gasteiger partial charge in [0, 0.05) is 0 Å². The number of methoxy groups -OCH3 is 1. The molecule has 1 amide bonds. The molecule has 1 aliphatic rings. The molecular formula is C20H27N5O3. The second-order valence-electron chi connectivity index (χ2n) is 7.12. The van der Waals surface area contributed by atoms with Gasteiger partial charge in [-0.05, 0) is 45.3 Å². The van der Waals surface area contributed by atoms with Gasteiger partial charge in [0.25, 0.3) is 5.91 Å². The quantitative estimate of drug-likeness (QED) is 0.736. The van der Waals surface area contributed by atoms with Gasteiger partial charge in [0.2, 0.25) is 0 Å². The molecule has 1 fully saturated rings. The van der Waals surface area contributed by atoms with E-state index in [0.29, 0.717) is 0 Å². The van der Waals surface area contributed by atoms with Crippen molar-refractivity contribution in [3.8, 4) is 0 Å². The van der Waals surface area contributed by atoms with E-state index in [0.717, 1.165) is 37.2 Å². The first-order chi connectivity index (χ1) is 13.5. The molecular weight excluding hydrogens is 358 g/mol. The van der Waals surface area contributed by atoms with Crippen LogP contribution in [-0.4, -0.2) is 47.1 Å². The van der Waals surface area contributed by atoms with Crippen LogP contribution in [0.15, 0.2) is 30.3 Å². The Hall–Kier alpha value is -2.74. The Morgan fingerprint density at radius 3 is 2.57 bits per heavy atom. The fourth-order valence-corrected chi connectivity index (χ4v) is 3.64. The molecule has 2 N–H and O–H groups in total. The highest BCUT2D eigenvalue weighted by Gasteiger charge is 2.30. The van der Waals surface area contributed by atoms with E-state index in [9.17, 15) is 9.59 Å². The Balaban J connectivity index is 1.82. The molecule has 3 rings (SSSR count). The van der Waals surface area contributed by atoms with Crippen LogP contribution in [0.25, 0.3) is 0 Å². The summed E-state index contributed by atoms with van der Waals surface area (Å²) in [5.41, 5.74) is 1.86. The topological polar surface area (TPSA) is 98.1 Å². The van der Waals surface area contributed by atoms with Crippen LogP contribution in [0.5, 0.6) is 0 Å². The summed E-state index contributed by atoms with van der Waals surface area (Å²) >= 11 is 0. The number of benzene rings is 1. The van der Waals surface area contributed by atoms with Gasteiger partial charge in [-0.2, -0.15) is 0 Å². The van der Waals surface area contributed by atoms with E-state index in [1.807, 2.05) is 41.9 Å². The van der Waals surface area contributed by atoms with E-state index < -0.39 is 12.0 Å². The van der Waals surface area contributed by atoms with Gasteiger partial charge in [-0.1, -0.05) is 35.5 Å². The smallest absolute Gasteiger partial charge is 0.310 e. The number of aromatic nitrogens is 3. The number of hydrogen-bond donors (Lipinski definition) is 2. The first-order valence-corrected chi connectivity index (χ1v) is 9.59. The van der Waals surface area contributed by atoms with E-state index in [1.54, 1.807) is 6.92 Å². The highest BCUT2D eigenvalue weighted by atomic mass is 16.5. The van der Waals surface area contributed by atoms with Crippen molar-refractivity contribution in [1.29, 1.82) is 0 Å². The molecule has 2 heterocycles. The zero-order valence-electron chi connectivity index (χ0n) is 16.5. The van der Waals surface area contributed by atoms with E-state index in [1.165, 1.54) is 7.11 Å². The Kier molecular flexibility index (Phi) is 6.41. The maximum atomic E-state index is 13.0. The SMILES string of the molecule is COC(=O)C(C)C(NC(=O)c1nnn(C2CCNCC2)c1C)c1ccccc1. The number of carbonyl (C=O) groups excluding carboxylic acids is 2. The zero-order chi connectivity index (χ0) is 20.1. The lowest BCUT2D eigenvalue weighted by Crippen LogP contribution is -2.36. The lowest BCUT2D eigenvalue weighted by atomic mass is 9.94. The number of nitrogens with one attached hydrogen (secondary N) is 2. The van der Waals surface area contributed by atoms with Gasteiger partial charge in [-0.25, -0.2) is 4.68 Å². The molecule has 2 aromatic rings. The van der Waals surface area contributed by atoms with Crippen LogP contribution in [0.3, 0.4) is 0 Å². The third-order valence-corrected chi connectivity index (χ3v) is 5.32. The van der Waals surface area contributed by atoms with Crippen molar-refractivity contribution in [3.05, 3.63) is 47.3 Å². The summed E-state index contributed by atoms with van der Waals surface area (Å²) < 4.78 is 6.72. The number of rotatable bonds is 6. The second-order valence-corrected chi connectivity index (χ2v) is 7.12. The normalized spacial score (nSPS) is 17.0. The number of ether oxygens (including phenoxy) is 1. The maximum absolute atomic E-state index is 13.0. The Bertz CT molecular complexity index is 815. The van der Waals surface area contributed by atoms with E-state index in [2.05, 4.69) is 20.9 Å². The van der Waals surface area contributed by atoms with Crippen LogP contribution in [0, 0.1) is 12.8 Å². The highest BCUT2D eigenvalue weighted by Crippen LogP contribution is 2.25. The largest absolute Gasteiger partial charge is 0.469 e. The molecule has 1 aromatic heterocycles.